The number of nitrogens with zero attached hydrogens (tertiary/aromatic N) is 1. The van der Waals surface area contributed by atoms with E-state index >= 15 is 0 Å². The first-order valence-corrected chi connectivity index (χ1v) is 20.8. The van der Waals surface area contributed by atoms with Gasteiger partial charge in [0.2, 0.25) is 0 Å². The third-order valence-electron chi connectivity index (χ3n) is 12.8. The molecule has 4 aliphatic carbocycles. The Morgan fingerprint density at radius 3 is 2.18 bits per heavy atom. The maximum Gasteiger partial charge on any atom is 0.0726 e. The van der Waals surface area contributed by atoms with E-state index in [0.717, 1.165) is 24.1 Å². The highest BCUT2D eigenvalue weighted by molar-refractivity contribution is 7.26. The quantitative estimate of drug-likeness (QED) is 0.164. The molecule has 11 rings (SSSR count). The van der Waals surface area contributed by atoms with E-state index < -0.39 is 5.41 Å². The zero-order chi connectivity index (χ0) is 38.1. The SMILES string of the molecule is CC1C=CC=CC1C1=CC=C(/C(=C/C=N)N=Cc2ccc(-c3ccc4c(c3)C3(c5ccccc5-c5ccccc53)c3ccc5c(sc6ccccc65)c3-4)cc2)CC1. The minimum atomic E-state index is -0.408. The summed E-state index contributed by atoms with van der Waals surface area (Å²) in [6, 6.07) is 47.7. The highest BCUT2D eigenvalue weighted by Crippen LogP contribution is 2.64. The van der Waals surface area contributed by atoms with E-state index in [1.165, 1.54) is 93.2 Å². The predicted octanol–water partition coefficient (Wildman–Crippen LogP) is 14.0. The molecule has 1 spiro atoms. The van der Waals surface area contributed by atoms with Gasteiger partial charge in [-0.15, -0.1) is 11.3 Å². The van der Waals surface area contributed by atoms with Crippen molar-refractivity contribution < 1.29 is 0 Å². The molecule has 272 valence electrons. The monoisotopic (exact) mass is 748 g/mol. The molecule has 0 aliphatic heterocycles. The van der Waals surface area contributed by atoms with Gasteiger partial charge in [0.15, 0.2) is 0 Å². The lowest BCUT2D eigenvalue weighted by molar-refractivity contribution is 0.554. The van der Waals surface area contributed by atoms with E-state index in [1.54, 1.807) is 0 Å². The Labute approximate surface area is 337 Å². The summed E-state index contributed by atoms with van der Waals surface area (Å²) in [5.74, 6) is 0.969. The smallest absolute Gasteiger partial charge is 0.0726 e. The molecule has 2 atom stereocenters. The minimum Gasteiger partial charge on any atom is -0.309 e. The molecule has 0 saturated carbocycles. The van der Waals surface area contributed by atoms with Crippen LogP contribution < -0.4 is 0 Å². The van der Waals surface area contributed by atoms with Crippen molar-refractivity contribution in [2.45, 2.75) is 25.2 Å². The van der Waals surface area contributed by atoms with Crippen LogP contribution in [0.5, 0.6) is 0 Å². The van der Waals surface area contributed by atoms with Crippen LogP contribution in [0.15, 0.2) is 192 Å². The summed E-state index contributed by atoms with van der Waals surface area (Å²) in [6.45, 7) is 2.29. The molecule has 3 heteroatoms. The van der Waals surface area contributed by atoms with Gasteiger partial charge in [0, 0.05) is 44.1 Å². The Morgan fingerprint density at radius 2 is 1.42 bits per heavy atom. The molecule has 1 heterocycles. The van der Waals surface area contributed by atoms with Crippen LogP contribution in [-0.2, 0) is 5.41 Å². The number of aliphatic imine (C=N–C) groups is 1. The normalized spacial score (nSPS) is 18.8. The lowest BCUT2D eigenvalue weighted by Gasteiger charge is -2.30. The van der Waals surface area contributed by atoms with Gasteiger partial charge >= 0.3 is 0 Å². The second-order valence-electron chi connectivity index (χ2n) is 15.8. The second-order valence-corrected chi connectivity index (χ2v) is 16.8. The van der Waals surface area contributed by atoms with Crippen LogP contribution >= 0.6 is 11.3 Å². The molecular weight excluding hydrogens is 709 g/mol. The molecule has 0 fully saturated rings. The lowest BCUT2D eigenvalue weighted by Crippen LogP contribution is -2.25. The third-order valence-corrected chi connectivity index (χ3v) is 14.0. The van der Waals surface area contributed by atoms with Gasteiger partial charge in [0.25, 0.3) is 0 Å². The lowest BCUT2D eigenvalue weighted by atomic mass is 9.70. The highest BCUT2D eigenvalue weighted by atomic mass is 32.1. The van der Waals surface area contributed by atoms with Crippen molar-refractivity contribution in [3.05, 3.63) is 215 Å². The summed E-state index contributed by atoms with van der Waals surface area (Å²) < 4.78 is 2.70. The van der Waals surface area contributed by atoms with Gasteiger partial charge in [0.1, 0.15) is 0 Å². The topological polar surface area (TPSA) is 36.2 Å². The Balaban J connectivity index is 0.981. The Morgan fingerprint density at radius 1 is 0.684 bits per heavy atom. The van der Waals surface area contributed by atoms with Gasteiger partial charge in [-0.25, -0.2) is 0 Å². The van der Waals surface area contributed by atoms with Crippen molar-refractivity contribution in [3.63, 3.8) is 0 Å². The largest absolute Gasteiger partial charge is 0.309 e. The molecule has 1 N–H and O–H groups in total. The predicted molar refractivity (Wildman–Crippen MR) is 242 cm³/mol. The van der Waals surface area contributed by atoms with E-state index in [9.17, 15) is 0 Å². The average molecular weight is 749 g/mol. The van der Waals surface area contributed by atoms with Crippen molar-refractivity contribution in [2.24, 2.45) is 16.8 Å². The molecule has 2 nitrogen and oxygen atoms in total. The molecule has 57 heavy (non-hydrogen) atoms. The summed E-state index contributed by atoms with van der Waals surface area (Å²) in [7, 11) is 0. The van der Waals surface area contributed by atoms with Crippen LogP contribution in [-0.4, -0.2) is 12.4 Å². The standard InChI is InChI=1S/C54H40N2S/c1-34-10-2-3-11-40(34)37-22-24-38(25-23-37)50(30-31-55)56-33-35-18-20-36(21-19-35)39-26-27-45-49(32-39)54(46-15-7-4-12-41(46)42-13-5-8-16-47(42)54)48-29-28-44-43-14-6-9-17-51(43)57-53(44)52(45)48/h2-22,24,26-34,40,55H,23,25H2,1H3/b50-30-,55-31?,56-33?. The maximum absolute atomic E-state index is 7.85. The van der Waals surface area contributed by atoms with Gasteiger partial charge in [-0.05, 0) is 98.2 Å². The molecule has 0 saturated heterocycles. The molecule has 2 unspecified atom stereocenters. The summed E-state index contributed by atoms with van der Waals surface area (Å²) >= 11 is 1.92. The zero-order valence-corrected chi connectivity index (χ0v) is 32.6. The highest BCUT2D eigenvalue weighted by Gasteiger charge is 2.52. The van der Waals surface area contributed by atoms with E-state index in [4.69, 9.17) is 10.4 Å². The second kappa shape index (κ2) is 13.4. The van der Waals surface area contributed by atoms with Crippen molar-refractivity contribution in [1.82, 2.24) is 0 Å². The van der Waals surface area contributed by atoms with E-state index in [-0.39, 0.29) is 0 Å². The summed E-state index contributed by atoms with van der Waals surface area (Å²) in [5.41, 5.74) is 17.3. The number of hydrogen-bond donors (Lipinski definition) is 1. The van der Waals surface area contributed by atoms with Crippen molar-refractivity contribution in [2.75, 3.05) is 0 Å². The van der Waals surface area contributed by atoms with Crippen LogP contribution in [0.4, 0.5) is 0 Å². The number of thiophene rings is 1. The summed E-state index contributed by atoms with van der Waals surface area (Å²) in [4.78, 5) is 4.93. The van der Waals surface area contributed by atoms with Crippen molar-refractivity contribution >= 4 is 43.9 Å². The van der Waals surface area contributed by atoms with E-state index in [1.807, 2.05) is 23.6 Å². The number of nitrogens with one attached hydrogen (secondary N) is 1. The van der Waals surface area contributed by atoms with E-state index in [0.29, 0.717) is 11.8 Å². The van der Waals surface area contributed by atoms with Crippen LogP contribution in [0.25, 0.3) is 53.6 Å². The van der Waals surface area contributed by atoms with Gasteiger partial charge in [-0.3, -0.25) is 4.99 Å². The van der Waals surface area contributed by atoms with Crippen LogP contribution in [0, 0.1) is 17.2 Å². The summed E-state index contributed by atoms with van der Waals surface area (Å²) in [5, 5.41) is 10.5. The molecule has 4 aliphatic rings. The van der Waals surface area contributed by atoms with Crippen LogP contribution in [0.1, 0.15) is 47.6 Å². The molecule has 1 aromatic heterocycles. The molecule has 0 radical (unpaired) electrons. The number of benzene rings is 6. The van der Waals surface area contributed by atoms with E-state index in [2.05, 4.69) is 171 Å². The Kier molecular flexibility index (Phi) is 7.94. The number of fused-ring (bicyclic) bond motifs is 14. The zero-order valence-electron chi connectivity index (χ0n) is 31.7. The van der Waals surface area contributed by atoms with Crippen LogP contribution in [0.2, 0.25) is 0 Å². The Hall–Kier alpha value is -6.42. The van der Waals surface area contributed by atoms with Crippen molar-refractivity contribution in [3.8, 4) is 33.4 Å². The number of hydrogen-bond acceptors (Lipinski definition) is 3. The fourth-order valence-electron chi connectivity index (χ4n) is 10.1. The van der Waals surface area contributed by atoms with Crippen LogP contribution in [0.3, 0.4) is 0 Å². The third kappa shape index (κ3) is 5.15. The molecule has 6 aromatic carbocycles. The number of allylic oxidation sites excluding steroid dienone is 9. The fraction of sp³-hybridized carbons (Fsp3) is 0.111. The minimum absolute atomic E-state index is 0.408. The van der Waals surface area contributed by atoms with Gasteiger partial charge in [0.05, 0.1) is 11.1 Å². The van der Waals surface area contributed by atoms with Crippen molar-refractivity contribution in [1.29, 1.82) is 5.41 Å². The molecule has 7 aromatic rings. The number of rotatable bonds is 6. The fourth-order valence-corrected chi connectivity index (χ4v) is 11.4. The maximum atomic E-state index is 7.85. The average Bonchev–Trinajstić information content (AvgIpc) is 3.89. The first-order valence-electron chi connectivity index (χ1n) is 20.0. The first kappa shape index (κ1) is 33.9. The first-order chi connectivity index (χ1) is 28.1. The molecule has 0 bridgehead atoms. The summed E-state index contributed by atoms with van der Waals surface area (Å²) in [6.07, 6.45) is 20.4. The molecule has 0 amide bonds. The Bertz CT molecular complexity index is 2950. The van der Waals surface area contributed by atoms with Gasteiger partial charge < -0.3 is 5.41 Å². The van der Waals surface area contributed by atoms with Gasteiger partial charge in [-0.1, -0.05) is 164 Å². The molecular formula is C54H40N2S. The van der Waals surface area contributed by atoms with Gasteiger partial charge in [-0.2, -0.15) is 0 Å².